The van der Waals surface area contributed by atoms with Crippen LogP contribution in [0, 0.1) is 0 Å². The number of unbranched alkanes of at least 4 members (excludes halogenated alkanes) is 3. The van der Waals surface area contributed by atoms with Crippen LogP contribution in [0.15, 0.2) is 29.4 Å². The summed E-state index contributed by atoms with van der Waals surface area (Å²) in [5.41, 5.74) is 2.15. The minimum Gasteiger partial charge on any atom is -0.452 e. The highest BCUT2D eigenvalue weighted by molar-refractivity contribution is 7.99. The number of carbonyl (C=O) groups excluding carboxylic acids is 1. The SMILES string of the molecule is CCCCCCSc1nnc2c(n1)O[C@@H](C)N(C(C)=O)c1ccccc1-2. The molecule has 0 saturated heterocycles. The van der Waals surface area contributed by atoms with Gasteiger partial charge in [-0.05, 0) is 19.4 Å². The number of nitrogens with zero attached hydrogens (tertiary/aromatic N) is 4. The van der Waals surface area contributed by atoms with E-state index in [0.29, 0.717) is 16.7 Å². The summed E-state index contributed by atoms with van der Waals surface area (Å²) in [5, 5.41) is 9.24. The van der Waals surface area contributed by atoms with Crippen LogP contribution in [0.4, 0.5) is 5.69 Å². The molecule has 0 saturated carbocycles. The molecule has 2 heterocycles. The molecule has 0 N–H and O–H groups in total. The Balaban J connectivity index is 1.87. The molecule has 7 heteroatoms. The zero-order chi connectivity index (χ0) is 18.5. The molecule has 2 aromatic rings. The highest BCUT2D eigenvalue weighted by Crippen LogP contribution is 2.39. The number of para-hydroxylation sites is 1. The molecule has 6 nitrogen and oxygen atoms in total. The van der Waals surface area contributed by atoms with Gasteiger partial charge >= 0.3 is 0 Å². The van der Waals surface area contributed by atoms with Crippen molar-refractivity contribution in [2.24, 2.45) is 0 Å². The van der Waals surface area contributed by atoms with Crippen molar-refractivity contribution in [3.05, 3.63) is 24.3 Å². The summed E-state index contributed by atoms with van der Waals surface area (Å²) in [4.78, 5) is 18.3. The average molecular weight is 372 g/mol. The molecule has 0 bridgehead atoms. The first-order chi connectivity index (χ1) is 12.6. The van der Waals surface area contributed by atoms with E-state index in [9.17, 15) is 4.79 Å². The average Bonchev–Trinajstić information content (AvgIpc) is 2.74. The summed E-state index contributed by atoms with van der Waals surface area (Å²) in [6.07, 6.45) is 4.36. The summed E-state index contributed by atoms with van der Waals surface area (Å²) in [6, 6.07) is 7.62. The van der Waals surface area contributed by atoms with Gasteiger partial charge in [-0.1, -0.05) is 56.1 Å². The second-order valence-electron chi connectivity index (χ2n) is 6.28. The van der Waals surface area contributed by atoms with E-state index in [0.717, 1.165) is 23.4 Å². The van der Waals surface area contributed by atoms with Gasteiger partial charge in [0.15, 0.2) is 11.9 Å². The summed E-state index contributed by atoms with van der Waals surface area (Å²) in [5.74, 6) is 1.31. The highest BCUT2D eigenvalue weighted by atomic mass is 32.2. The Morgan fingerprint density at radius 3 is 2.81 bits per heavy atom. The number of amides is 1. The molecule has 0 radical (unpaired) electrons. The molecule has 0 aliphatic carbocycles. The molecule has 1 atom stereocenters. The van der Waals surface area contributed by atoms with Crippen LogP contribution in [0.1, 0.15) is 46.5 Å². The van der Waals surface area contributed by atoms with E-state index < -0.39 is 6.23 Å². The number of carbonyl (C=O) groups is 1. The Morgan fingerprint density at radius 1 is 1.23 bits per heavy atom. The van der Waals surface area contributed by atoms with Gasteiger partial charge in [-0.2, -0.15) is 4.98 Å². The largest absolute Gasteiger partial charge is 0.452 e. The van der Waals surface area contributed by atoms with Gasteiger partial charge in [-0.15, -0.1) is 10.2 Å². The number of ether oxygens (including phenoxy) is 1. The smallest absolute Gasteiger partial charge is 0.247 e. The predicted octanol–water partition coefficient (Wildman–Crippen LogP) is 4.30. The van der Waals surface area contributed by atoms with Gasteiger partial charge in [0, 0.05) is 18.2 Å². The first kappa shape index (κ1) is 18.6. The van der Waals surface area contributed by atoms with Crippen molar-refractivity contribution in [3.8, 4) is 17.1 Å². The lowest BCUT2D eigenvalue weighted by Crippen LogP contribution is -2.40. The van der Waals surface area contributed by atoms with Crippen LogP contribution in [-0.4, -0.2) is 33.1 Å². The molecule has 0 unspecified atom stereocenters. The van der Waals surface area contributed by atoms with Crippen LogP contribution in [0.2, 0.25) is 0 Å². The number of hydrogen-bond acceptors (Lipinski definition) is 6. The maximum absolute atomic E-state index is 12.2. The monoisotopic (exact) mass is 372 g/mol. The van der Waals surface area contributed by atoms with Gasteiger partial charge in [0.25, 0.3) is 0 Å². The lowest BCUT2D eigenvalue weighted by atomic mass is 10.1. The van der Waals surface area contributed by atoms with Gasteiger partial charge in [0.1, 0.15) is 0 Å². The van der Waals surface area contributed by atoms with Gasteiger partial charge in [-0.3, -0.25) is 9.69 Å². The van der Waals surface area contributed by atoms with Crippen molar-refractivity contribution in [3.63, 3.8) is 0 Å². The molecule has 1 aliphatic heterocycles. The maximum Gasteiger partial charge on any atom is 0.247 e. The normalized spacial score (nSPS) is 15.7. The van der Waals surface area contributed by atoms with Crippen LogP contribution >= 0.6 is 11.8 Å². The summed E-state index contributed by atoms with van der Waals surface area (Å²) in [6.45, 7) is 5.57. The number of hydrogen-bond donors (Lipinski definition) is 0. The number of benzene rings is 1. The van der Waals surface area contributed by atoms with Crippen molar-refractivity contribution < 1.29 is 9.53 Å². The van der Waals surface area contributed by atoms with E-state index in [1.807, 2.05) is 31.2 Å². The van der Waals surface area contributed by atoms with Crippen LogP contribution in [-0.2, 0) is 4.79 Å². The van der Waals surface area contributed by atoms with Crippen LogP contribution in [0.5, 0.6) is 5.88 Å². The van der Waals surface area contributed by atoms with Crippen molar-refractivity contribution in [1.29, 1.82) is 0 Å². The van der Waals surface area contributed by atoms with Gasteiger partial charge < -0.3 is 4.74 Å². The fourth-order valence-electron chi connectivity index (χ4n) is 3.02. The second-order valence-corrected chi connectivity index (χ2v) is 7.34. The third-order valence-corrected chi connectivity index (χ3v) is 5.19. The summed E-state index contributed by atoms with van der Waals surface area (Å²) >= 11 is 1.59. The Morgan fingerprint density at radius 2 is 2.04 bits per heavy atom. The van der Waals surface area contributed by atoms with Gasteiger partial charge in [0.05, 0.1) is 5.69 Å². The molecule has 3 rings (SSSR count). The zero-order valence-electron chi connectivity index (χ0n) is 15.4. The highest BCUT2D eigenvalue weighted by Gasteiger charge is 2.30. The van der Waals surface area contributed by atoms with E-state index >= 15 is 0 Å². The Labute approximate surface area is 158 Å². The van der Waals surface area contributed by atoms with E-state index in [1.54, 1.807) is 16.7 Å². The molecule has 1 aromatic carbocycles. The van der Waals surface area contributed by atoms with E-state index in [-0.39, 0.29) is 5.91 Å². The maximum atomic E-state index is 12.2. The molecule has 26 heavy (non-hydrogen) atoms. The fourth-order valence-corrected chi connectivity index (χ4v) is 3.80. The fraction of sp³-hybridized carbons (Fsp3) is 0.474. The number of anilines is 1. The third kappa shape index (κ3) is 3.98. The van der Waals surface area contributed by atoms with Crippen LogP contribution in [0.3, 0.4) is 0 Å². The quantitative estimate of drug-likeness (QED) is 0.556. The van der Waals surface area contributed by atoms with Crippen molar-refractivity contribution in [2.45, 2.75) is 57.8 Å². The standard InChI is InChI=1S/C19H24N4O2S/c1-4-5-6-9-12-26-19-20-18-17(21-22-19)15-10-7-8-11-16(15)23(13(2)24)14(3)25-18/h7-8,10-11,14H,4-6,9,12H2,1-3H3/t14-/m0/s1. The molecule has 0 spiro atoms. The van der Waals surface area contributed by atoms with E-state index in [2.05, 4.69) is 22.1 Å². The zero-order valence-corrected chi connectivity index (χ0v) is 16.3. The number of fused-ring (bicyclic) bond motifs is 3. The lowest BCUT2D eigenvalue weighted by molar-refractivity contribution is -0.118. The Bertz CT molecular complexity index is 784. The molecular formula is C19H24N4O2S. The van der Waals surface area contributed by atoms with E-state index in [1.165, 1.54) is 26.2 Å². The molecule has 138 valence electrons. The molecule has 1 aromatic heterocycles. The van der Waals surface area contributed by atoms with Crippen LogP contribution in [0.25, 0.3) is 11.3 Å². The van der Waals surface area contributed by atoms with Crippen LogP contribution < -0.4 is 9.64 Å². The minimum atomic E-state index is -0.464. The summed E-state index contributed by atoms with van der Waals surface area (Å²) < 4.78 is 5.98. The topological polar surface area (TPSA) is 68.2 Å². The van der Waals surface area contributed by atoms with Crippen molar-refractivity contribution in [2.75, 3.05) is 10.7 Å². The third-order valence-electron chi connectivity index (χ3n) is 4.27. The lowest BCUT2D eigenvalue weighted by Gasteiger charge is -2.26. The number of aromatic nitrogens is 3. The number of rotatable bonds is 6. The molecule has 1 aliphatic rings. The van der Waals surface area contributed by atoms with Crippen molar-refractivity contribution >= 4 is 23.4 Å². The molecule has 0 fully saturated rings. The Kier molecular flexibility index (Phi) is 6.08. The van der Waals surface area contributed by atoms with Gasteiger partial charge in [0.2, 0.25) is 16.9 Å². The molecule has 1 amide bonds. The predicted molar refractivity (Wildman–Crippen MR) is 103 cm³/mol. The number of thioether (sulfide) groups is 1. The Hall–Kier alpha value is -2.15. The van der Waals surface area contributed by atoms with Gasteiger partial charge in [-0.25, -0.2) is 0 Å². The second kappa shape index (κ2) is 8.49. The minimum absolute atomic E-state index is 0.0868. The first-order valence-electron chi connectivity index (χ1n) is 9.05. The first-order valence-corrected chi connectivity index (χ1v) is 10.0. The summed E-state index contributed by atoms with van der Waals surface area (Å²) in [7, 11) is 0. The molecular weight excluding hydrogens is 348 g/mol. The van der Waals surface area contributed by atoms with Crippen molar-refractivity contribution in [1.82, 2.24) is 15.2 Å². The van der Waals surface area contributed by atoms with E-state index in [4.69, 9.17) is 4.74 Å².